The Bertz CT molecular complexity index is 1330. The van der Waals surface area contributed by atoms with Crippen molar-refractivity contribution in [1.82, 2.24) is 15.0 Å². The maximum atomic E-state index is 6.46. The van der Waals surface area contributed by atoms with Crippen molar-refractivity contribution >= 4 is 28.3 Å². The molecule has 2 aromatic carbocycles. The molecule has 8 heteroatoms. The van der Waals surface area contributed by atoms with Gasteiger partial charge in [-0.25, -0.2) is 15.0 Å². The zero-order valence-electron chi connectivity index (χ0n) is 19.2. The van der Waals surface area contributed by atoms with Gasteiger partial charge in [0.25, 0.3) is 0 Å². The summed E-state index contributed by atoms with van der Waals surface area (Å²) in [6, 6.07) is 11.4. The molecule has 0 atom stereocenters. The molecule has 0 spiro atoms. The largest absolute Gasteiger partial charge is 0.497 e. The molecule has 0 fully saturated rings. The molecule has 0 radical (unpaired) electrons. The fourth-order valence-corrected chi connectivity index (χ4v) is 4.13. The standard InChI is InChI=1S/C25H25ClN4O3/c1-14-6-9-19(32-4)15(2)22(14)24-23-18(11-21(26)30-24)25(29-13-28-23)27-12-16-7-8-17(31-3)10-20(16)33-5/h6-11,13H,12H2,1-5H3,(H,27,28,29). The molecular formula is C25H25ClN4O3. The van der Waals surface area contributed by atoms with Crippen LogP contribution in [0, 0.1) is 13.8 Å². The predicted octanol–water partition coefficient (Wildman–Crippen LogP) is 5.60. The van der Waals surface area contributed by atoms with Gasteiger partial charge in [-0.1, -0.05) is 17.7 Å². The summed E-state index contributed by atoms with van der Waals surface area (Å²) in [5.74, 6) is 2.89. The lowest BCUT2D eigenvalue weighted by atomic mass is 9.97. The van der Waals surface area contributed by atoms with E-state index in [-0.39, 0.29) is 0 Å². The maximum Gasteiger partial charge on any atom is 0.137 e. The van der Waals surface area contributed by atoms with E-state index in [1.165, 1.54) is 6.33 Å². The highest BCUT2D eigenvalue weighted by Crippen LogP contribution is 2.37. The van der Waals surface area contributed by atoms with Crippen molar-refractivity contribution in [3.63, 3.8) is 0 Å². The minimum absolute atomic E-state index is 0.360. The molecule has 1 N–H and O–H groups in total. The highest BCUT2D eigenvalue weighted by molar-refractivity contribution is 6.30. The zero-order valence-corrected chi connectivity index (χ0v) is 19.9. The summed E-state index contributed by atoms with van der Waals surface area (Å²) in [5.41, 5.74) is 5.34. The molecule has 0 aliphatic rings. The lowest BCUT2D eigenvalue weighted by Crippen LogP contribution is -2.05. The number of ether oxygens (including phenoxy) is 3. The predicted molar refractivity (Wildman–Crippen MR) is 131 cm³/mol. The average Bonchev–Trinajstić information content (AvgIpc) is 2.82. The average molecular weight is 465 g/mol. The van der Waals surface area contributed by atoms with Gasteiger partial charge < -0.3 is 19.5 Å². The van der Waals surface area contributed by atoms with Gasteiger partial charge in [0.15, 0.2) is 0 Å². The molecule has 2 heterocycles. The third kappa shape index (κ3) is 4.36. The highest BCUT2D eigenvalue weighted by Gasteiger charge is 2.18. The van der Waals surface area contributed by atoms with E-state index in [9.17, 15) is 0 Å². The van der Waals surface area contributed by atoms with Crippen LogP contribution in [0.25, 0.3) is 22.2 Å². The number of anilines is 1. The van der Waals surface area contributed by atoms with Crippen LogP contribution in [0.3, 0.4) is 0 Å². The van der Waals surface area contributed by atoms with Crippen molar-refractivity contribution in [3.05, 3.63) is 64.6 Å². The topological polar surface area (TPSA) is 78.4 Å². The Morgan fingerprint density at radius 1 is 0.909 bits per heavy atom. The molecule has 2 aromatic heterocycles. The van der Waals surface area contributed by atoms with Crippen LogP contribution >= 0.6 is 11.6 Å². The zero-order chi connectivity index (χ0) is 23.5. The molecule has 7 nitrogen and oxygen atoms in total. The van der Waals surface area contributed by atoms with E-state index in [0.717, 1.165) is 44.9 Å². The Morgan fingerprint density at radius 2 is 1.70 bits per heavy atom. The molecule has 0 aliphatic heterocycles. The van der Waals surface area contributed by atoms with E-state index in [2.05, 4.69) is 20.3 Å². The molecule has 4 rings (SSSR count). The molecule has 0 saturated carbocycles. The summed E-state index contributed by atoms with van der Waals surface area (Å²) in [6.07, 6.45) is 1.53. The highest BCUT2D eigenvalue weighted by atomic mass is 35.5. The molecular weight excluding hydrogens is 440 g/mol. The van der Waals surface area contributed by atoms with E-state index in [4.69, 9.17) is 25.8 Å². The summed E-state index contributed by atoms with van der Waals surface area (Å²) in [7, 11) is 4.91. The quantitative estimate of drug-likeness (QED) is 0.356. The van der Waals surface area contributed by atoms with Crippen LogP contribution in [0.5, 0.6) is 17.2 Å². The van der Waals surface area contributed by atoms with Crippen LogP contribution in [0.4, 0.5) is 5.82 Å². The third-order valence-electron chi connectivity index (χ3n) is 5.61. The first-order chi connectivity index (χ1) is 16.0. The van der Waals surface area contributed by atoms with Crippen LogP contribution in [-0.4, -0.2) is 36.3 Å². The Labute approximate surface area is 197 Å². The van der Waals surface area contributed by atoms with E-state index in [1.807, 2.05) is 44.2 Å². The number of pyridine rings is 1. The summed E-state index contributed by atoms with van der Waals surface area (Å²) in [4.78, 5) is 13.7. The van der Waals surface area contributed by atoms with Crippen molar-refractivity contribution in [2.45, 2.75) is 20.4 Å². The van der Waals surface area contributed by atoms with Gasteiger partial charge in [0.1, 0.15) is 40.1 Å². The van der Waals surface area contributed by atoms with Crippen molar-refractivity contribution < 1.29 is 14.2 Å². The molecule has 33 heavy (non-hydrogen) atoms. The lowest BCUT2D eigenvalue weighted by Gasteiger charge is -2.16. The van der Waals surface area contributed by atoms with Crippen LogP contribution in [0.1, 0.15) is 16.7 Å². The van der Waals surface area contributed by atoms with Gasteiger partial charge in [0, 0.05) is 34.7 Å². The molecule has 0 unspecified atom stereocenters. The number of aryl methyl sites for hydroxylation is 1. The lowest BCUT2D eigenvalue weighted by molar-refractivity contribution is 0.391. The summed E-state index contributed by atoms with van der Waals surface area (Å²) in [5, 5.41) is 4.53. The van der Waals surface area contributed by atoms with Crippen molar-refractivity contribution in [2.24, 2.45) is 0 Å². The Morgan fingerprint density at radius 3 is 2.42 bits per heavy atom. The van der Waals surface area contributed by atoms with E-state index < -0.39 is 0 Å². The van der Waals surface area contributed by atoms with Crippen molar-refractivity contribution in [1.29, 1.82) is 0 Å². The monoisotopic (exact) mass is 464 g/mol. The molecule has 4 aromatic rings. The minimum atomic E-state index is 0.360. The molecule has 0 aliphatic carbocycles. The van der Waals surface area contributed by atoms with Gasteiger partial charge in [-0.2, -0.15) is 0 Å². The number of methoxy groups -OCH3 is 3. The number of hydrogen-bond donors (Lipinski definition) is 1. The second-order valence-corrected chi connectivity index (χ2v) is 7.92. The molecule has 170 valence electrons. The van der Waals surface area contributed by atoms with Crippen molar-refractivity contribution in [2.75, 3.05) is 26.6 Å². The Balaban J connectivity index is 1.79. The second-order valence-electron chi connectivity index (χ2n) is 7.53. The van der Waals surface area contributed by atoms with Crippen LogP contribution in [-0.2, 0) is 6.54 Å². The SMILES string of the molecule is COc1ccc(CNc2ncnc3c(-c4c(C)ccc(OC)c4C)nc(Cl)cc23)c(OC)c1. The normalized spacial score (nSPS) is 10.8. The van der Waals surface area contributed by atoms with Crippen LogP contribution in [0.15, 0.2) is 42.7 Å². The number of fused-ring (bicyclic) bond motifs is 1. The van der Waals surface area contributed by atoms with Gasteiger partial charge in [-0.05, 0) is 43.7 Å². The number of hydrogen-bond acceptors (Lipinski definition) is 7. The number of nitrogens with one attached hydrogen (secondary N) is 1. The smallest absolute Gasteiger partial charge is 0.137 e. The fraction of sp³-hybridized carbons (Fsp3) is 0.240. The molecule has 0 bridgehead atoms. The number of halogens is 1. The van der Waals surface area contributed by atoms with Gasteiger partial charge in [0.05, 0.1) is 27.0 Å². The first-order valence-electron chi connectivity index (χ1n) is 10.4. The molecule has 0 saturated heterocycles. The first-order valence-corrected chi connectivity index (χ1v) is 10.7. The molecule has 0 amide bonds. The first kappa shape index (κ1) is 22.6. The van der Waals surface area contributed by atoms with Gasteiger partial charge in [-0.15, -0.1) is 0 Å². The summed E-state index contributed by atoms with van der Waals surface area (Å²) in [6.45, 7) is 4.53. The van der Waals surface area contributed by atoms with Crippen molar-refractivity contribution in [3.8, 4) is 28.5 Å². The van der Waals surface area contributed by atoms with Gasteiger partial charge in [0.2, 0.25) is 0 Å². The van der Waals surface area contributed by atoms with E-state index >= 15 is 0 Å². The van der Waals surface area contributed by atoms with Crippen LogP contribution in [0.2, 0.25) is 5.15 Å². The van der Waals surface area contributed by atoms with Gasteiger partial charge in [-0.3, -0.25) is 0 Å². The van der Waals surface area contributed by atoms with Gasteiger partial charge >= 0.3 is 0 Å². The van der Waals surface area contributed by atoms with Crippen LogP contribution < -0.4 is 19.5 Å². The summed E-state index contributed by atoms with van der Waals surface area (Å²) >= 11 is 6.46. The summed E-state index contributed by atoms with van der Waals surface area (Å²) < 4.78 is 16.3. The minimum Gasteiger partial charge on any atom is -0.497 e. The maximum absolute atomic E-state index is 6.46. The van der Waals surface area contributed by atoms with E-state index in [0.29, 0.717) is 28.7 Å². The number of benzene rings is 2. The third-order valence-corrected chi connectivity index (χ3v) is 5.80. The van der Waals surface area contributed by atoms with E-state index in [1.54, 1.807) is 27.4 Å². The number of nitrogens with zero attached hydrogens (tertiary/aromatic N) is 3. The number of aromatic nitrogens is 3. The Hall–Kier alpha value is -3.58. The second kappa shape index (κ2) is 9.50. The fourth-order valence-electron chi connectivity index (χ4n) is 3.94. The Kier molecular flexibility index (Phi) is 6.51. The number of rotatable bonds is 7.